The molecule has 0 aliphatic rings. The van der Waals surface area contributed by atoms with Gasteiger partial charge in [0, 0.05) is 10.2 Å². The second-order valence-electron chi connectivity index (χ2n) is 7.47. The van der Waals surface area contributed by atoms with Gasteiger partial charge in [-0.3, -0.25) is 14.4 Å². The molecule has 0 aliphatic heterocycles. The second-order valence-corrected chi connectivity index (χ2v) is 9.18. The highest BCUT2D eigenvalue weighted by Gasteiger charge is 2.16. The van der Waals surface area contributed by atoms with E-state index in [0.717, 1.165) is 16.1 Å². The third kappa shape index (κ3) is 7.86. The van der Waals surface area contributed by atoms with Gasteiger partial charge >= 0.3 is 11.8 Å². The van der Waals surface area contributed by atoms with Crippen LogP contribution in [0.5, 0.6) is 11.5 Å². The van der Waals surface area contributed by atoms with Crippen LogP contribution in [0.4, 0.5) is 15.8 Å². The van der Waals surface area contributed by atoms with Gasteiger partial charge in [-0.05, 0) is 76.4 Å². The van der Waals surface area contributed by atoms with Gasteiger partial charge in [0.15, 0.2) is 18.1 Å². The number of rotatable bonds is 8. The van der Waals surface area contributed by atoms with Crippen molar-refractivity contribution in [3.63, 3.8) is 0 Å². The van der Waals surface area contributed by atoms with E-state index in [0.29, 0.717) is 21.5 Å². The monoisotopic (exact) mass is 634 g/mol. The Hall–Kier alpha value is -3.77. The van der Waals surface area contributed by atoms with Crippen molar-refractivity contribution in [3.05, 3.63) is 80.5 Å². The van der Waals surface area contributed by atoms with Crippen LogP contribution in [-0.4, -0.2) is 37.7 Å². The Bertz CT molecular complexity index is 1370. The standard InChI is InChI=1S/C25H21Br2FN4O5/c1-14-9-16(7-8-17(14)26)30-22(33)13-37-23-18(27)10-15(11-21(23)36-2)12-29-32-25(35)24(34)31-20-6-4-3-5-19(20)28/h3-12H,13H2,1-2H3,(H,30,33)(H,31,34)(H,32,35)/b29-12-. The number of hydrogen-bond acceptors (Lipinski definition) is 6. The van der Waals surface area contributed by atoms with E-state index in [-0.39, 0.29) is 24.0 Å². The first-order chi connectivity index (χ1) is 17.7. The smallest absolute Gasteiger partial charge is 0.329 e. The van der Waals surface area contributed by atoms with Gasteiger partial charge in [0.05, 0.1) is 23.5 Å². The van der Waals surface area contributed by atoms with Crippen LogP contribution in [0.3, 0.4) is 0 Å². The summed E-state index contributed by atoms with van der Waals surface area (Å²) in [6.45, 7) is 1.64. The van der Waals surface area contributed by atoms with E-state index in [1.807, 2.05) is 19.1 Å². The van der Waals surface area contributed by atoms with E-state index in [1.54, 1.807) is 18.2 Å². The molecule has 0 bridgehead atoms. The summed E-state index contributed by atoms with van der Waals surface area (Å²) >= 11 is 6.78. The summed E-state index contributed by atoms with van der Waals surface area (Å²) < 4.78 is 26.0. The summed E-state index contributed by atoms with van der Waals surface area (Å²) in [6.07, 6.45) is 1.27. The van der Waals surface area contributed by atoms with Crippen LogP contribution in [0.2, 0.25) is 0 Å². The number of carbonyl (C=O) groups excluding carboxylic acids is 3. The van der Waals surface area contributed by atoms with Crippen molar-refractivity contribution in [2.75, 3.05) is 24.4 Å². The van der Waals surface area contributed by atoms with Crippen molar-refractivity contribution in [1.29, 1.82) is 0 Å². The Kier molecular flexibility index (Phi) is 9.75. The molecule has 3 rings (SSSR count). The SMILES string of the molecule is COc1cc(/C=N\NC(=O)C(=O)Nc2ccccc2F)cc(Br)c1OCC(=O)Nc1ccc(Br)c(C)c1. The zero-order valence-electron chi connectivity index (χ0n) is 19.6. The number of halogens is 3. The van der Waals surface area contributed by atoms with Gasteiger partial charge in [-0.25, -0.2) is 9.82 Å². The fourth-order valence-corrected chi connectivity index (χ4v) is 3.79. The molecule has 0 atom stereocenters. The van der Waals surface area contributed by atoms with Gasteiger partial charge in [-0.2, -0.15) is 5.10 Å². The maximum atomic E-state index is 13.6. The minimum absolute atomic E-state index is 0.128. The molecule has 0 heterocycles. The Balaban J connectivity index is 1.59. The number of hydrazone groups is 1. The third-order valence-electron chi connectivity index (χ3n) is 4.75. The molecule has 0 saturated carbocycles. The van der Waals surface area contributed by atoms with E-state index in [1.165, 1.54) is 31.5 Å². The minimum Gasteiger partial charge on any atom is -0.493 e. The van der Waals surface area contributed by atoms with Crippen LogP contribution in [-0.2, 0) is 14.4 Å². The molecular formula is C25H21Br2FN4O5. The van der Waals surface area contributed by atoms with Crippen LogP contribution >= 0.6 is 31.9 Å². The lowest BCUT2D eigenvalue weighted by Gasteiger charge is -2.14. The Labute approximate surface area is 228 Å². The number of ether oxygens (including phenoxy) is 2. The predicted molar refractivity (Wildman–Crippen MR) is 144 cm³/mol. The number of nitrogens with one attached hydrogen (secondary N) is 3. The van der Waals surface area contributed by atoms with Gasteiger partial charge < -0.3 is 20.1 Å². The highest BCUT2D eigenvalue weighted by atomic mass is 79.9. The third-order valence-corrected chi connectivity index (χ3v) is 6.23. The molecule has 9 nitrogen and oxygen atoms in total. The quantitative estimate of drug-likeness (QED) is 0.187. The fourth-order valence-electron chi connectivity index (χ4n) is 2.97. The van der Waals surface area contributed by atoms with Crippen LogP contribution in [0.15, 0.2) is 68.6 Å². The van der Waals surface area contributed by atoms with E-state index in [2.05, 4.69) is 53.0 Å². The highest BCUT2D eigenvalue weighted by molar-refractivity contribution is 9.10. The Morgan fingerprint density at radius 1 is 1.00 bits per heavy atom. The fraction of sp³-hybridized carbons (Fsp3) is 0.120. The Morgan fingerprint density at radius 2 is 1.76 bits per heavy atom. The highest BCUT2D eigenvalue weighted by Crippen LogP contribution is 2.36. The van der Waals surface area contributed by atoms with E-state index in [9.17, 15) is 18.8 Å². The number of carbonyl (C=O) groups is 3. The van der Waals surface area contributed by atoms with Crippen molar-refractivity contribution >= 4 is 67.2 Å². The van der Waals surface area contributed by atoms with Gasteiger partial charge in [0.1, 0.15) is 5.82 Å². The first kappa shape index (κ1) is 27.8. The number of hydrogen-bond donors (Lipinski definition) is 3. The van der Waals surface area contributed by atoms with Gasteiger partial charge in [-0.15, -0.1) is 0 Å². The predicted octanol–water partition coefficient (Wildman–Crippen LogP) is 4.77. The molecule has 37 heavy (non-hydrogen) atoms. The number of anilines is 2. The maximum absolute atomic E-state index is 13.6. The summed E-state index contributed by atoms with van der Waals surface area (Å²) in [6, 6.07) is 14.1. The first-order valence-corrected chi connectivity index (χ1v) is 12.2. The molecule has 0 fully saturated rings. The number of aryl methyl sites for hydroxylation is 1. The molecule has 3 amide bonds. The lowest BCUT2D eigenvalue weighted by atomic mass is 10.2. The van der Waals surface area contributed by atoms with Crippen molar-refractivity contribution in [3.8, 4) is 11.5 Å². The molecule has 3 aromatic rings. The molecule has 0 unspecified atom stereocenters. The normalized spacial score (nSPS) is 10.6. The molecule has 0 saturated heterocycles. The second kappa shape index (κ2) is 13.0. The number of methoxy groups -OCH3 is 1. The van der Waals surface area contributed by atoms with Crippen molar-refractivity contribution in [2.24, 2.45) is 5.10 Å². The lowest BCUT2D eigenvalue weighted by Crippen LogP contribution is -2.32. The molecule has 192 valence electrons. The average Bonchev–Trinajstić information content (AvgIpc) is 2.86. The van der Waals surface area contributed by atoms with Crippen LogP contribution in [0.25, 0.3) is 0 Å². The molecule has 0 radical (unpaired) electrons. The largest absolute Gasteiger partial charge is 0.493 e. The first-order valence-electron chi connectivity index (χ1n) is 10.6. The van der Waals surface area contributed by atoms with Gasteiger partial charge in [-0.1, -0.05) is 28.1 Å². The van der Waals surface area contributed by atoms with Crippen molar-refractivity contribution < 1.29 is 28.2 Å². The average molecular weight is 636 g/mol. The maximum Gasteiger partial charge on any atom is 0.329 e. The summed E-state index contributed by atoms with van der Waals surface area (Å²) in [5.41, 5.74) is 4.03. The van der Waals surface area contributed by atoms with E-state index >= 15 is 0 Å². The molecule has 0 aromatic heterocycles. The Morgan fingerprint density at radius 3 is 2.46 bits per heavy atom. The topological polar surface area (TPSA) is 118 Å². The molecule has 3 N–H and O–H groups in total. The van der Waals surface area contributed by atoms with Gasteiger partial charge in [0.25, 0.3) is 5.91 Å². The minimum atomic E-state index is -1.09. The van der Waals surface area contributed by atoms with Crippen molar-refractivity contribution in [1.82, 2.24) is 5.43 Å². The van der Waals surface area contributed by atoms with Gasteiger partial charge in [0.2, 0.25) is 0 Å². The lowest BCUT2D eigenvalue weighted by molar-refractivity contribution is -0.136. The summed E-state index contributed by atoms with van der Waals surface area (Å²) in [4.78, 5) is 36.2. The van der Waals surface area contributed by atoms with E-state index < -0.39 is 17.6 Å². The number of nitrogens with zero attached hydrogens (tertiary/aromatic N) is 1. The summed E-state index contributed by atoms with van der Waals surface area (Å²) in [5, 5.41) is 8.66. The van der Waals surface area contributed by atoms with Crippen molar-refractivity contribution in [2.45, 2.75) is 6.92 Å². The number of benzene rings is 3. The number of para-hydroxylation sites is 1. The van der Waals surface area contributed by atoms with E-state index in [4.69, 9.17) is 9.47 Å². The summed E-state index contributed by atoms with van der Waals surface area (Å²) in [5.74, 6) is -2.62. The molecule has 0 spiro atoms. The molecule has 12 heteroatoms. The number of amides is 3. The van der Waals surface area contributed by atoms with Crippen LogP contribution < -0.4 is 25.5 Å². The molecular weight excluding hydrogens is 615 g/mol. The molecule has 3 aromatic carbocycles. The van der Waals surface area contributed by atoms with Crippen LogP contribution in [0, 0.1) is 12.7 Å². The molecule has 0 aliphatic carbocycles. The summed E-state index contributed by atoms with van der Waals surface area (Å²) in [7, 11) is 1.43. The zero-order valence-corrected chi connectivity index (χ0v) is 22.8. The van der Waals surface area contributed by atoms with Crippen LogP contribution in [0.1, 0.15) is 11.1 Å². The zero-order chi connectivity index (χ0) is 26.9.